The summed E-state index contributed by atoms with van der Waals surface area (Å²) in [5, 5.41) is 7.25. The van der Waals surface area contributed by atoms with Gasteiger partial charge in [-0.1, -0.05) is 24.3 Å². The molecule has 0 aliphatic heterocycles. The van der Waals surface area contributed by atoms with Crippen LogP contribution in [0.2, 0.25) is 0 Å². The molecule has 112 valence electrons. The summed E-state index contributed by atoms with van der Waals surface area (Å²) in [6.07, 6.45) is 3.28. The van der Waals surface area contributed by atoms with Crippen molar-refractivity contribution in [2.24, 2.45) is 0 Å². The van der Waals surface area contributed by atoms with Crippen LogP contribution < -0.4 is 10.1 Å². The van der Waals surface area contributed by atoms with Crippen LogP contribution in [0.15, 0.2) is 37.0 Å². The van der Waals surface area contributed by atoms with Gasteiger partial charge in [0.25, 0.3) is 0 Å². The minimum Gasteiger partial charge on any atom is -0.434 e. The Morgan fingerprint density at radius 3 is 2.90 bits per heavy atom. The number of ether oxygens (including phenoxy) is 1. The first-order valence-corrected chi connectivity index (χ1v) is 6.50. The summed E-state index contributed by atoms with van der Waals surface area (Å²) in [4.78, 5) is 0. The van der Waals surface area contributed by atoms with E-state index < -0.39 is 6.61 Å². The number of benzene rings is 1. The molecule has 0 radical (unpaired) electrons. The van der Waals surface area contributed by atoms with Crippen molar-refractivity contribution in [2.75, 3.05) is 0 Å². The average molecular weight is 293 g/mol. The summed E-state index contributed by atoms with van der Waals surface area (Å²) in [6.45, 7) is 3.71. The molecule has 0 fully saturated rings. The first kappa shape index (κ1) is 15.2. The highest BCUT2D eigenvalue weighted by molar-refractivity contribution is 5.37. The van der Waals surface area contributed by atoms with E-state index in [9.17, 15) is 8.78 Å². The van der Waals surface area contributed by atoms with E-state index >= 15 is 0 Å². The van der Waals surface area contributed by atoms with Gasteiger partial charge in [0.05, 0.1) is 5.69 Å². The number of hydrogen-bond acceptors (Lipinski definition) is 3. The maximum atomic E-state index is 12.4. The van der Waals surface area contributed by atoms with E-state index in [2.05, 4.69) is 21.7 Å². The van der Waals surface area contributed by atoms with Crippen molar-refractivity contribution in [3.05, 3.63) is 53.9 Å². The lowest BCUT2D eigenvalue weighted by molar-refractivity contribution is -0.0505. The average Bonchev–Trinajstić information content (AvgIpc) is 2.89. The van der Waals surface area contributed by atoms with Crippen LogP contribution in [0.3, 0.4) is 0 Å². The van der Waals surface area contributed by atoms with Crippen LogP contribution in [0.1, 0.15) is 16.8 Å². The third-order valence-corrected chi connectivity index (χ3v) is 2.98. The van der Waals surface area contributed by atoms with E-state index in [1.54, 1.807) is 29.2 Å². The summed E-state index contributed by atoms with van der Waals surface area (Å²) in [7, 11) is 0. The largest absolute Gasteiger partial charge is 0.434 e. The molecule has 4 nitrogen and oxygen atoms in total. The molecule has 0 saturated carbocycles. The SMILES string of the molecule is C=Cn1nccc1CNCc1cc(C)ccc1OC(F)F. The highest BCUT2D eigenvalue weighted by atomic mass is 19.3. The zero-order chi connectivity index (χ0) is 15.2. The number of aryl methyl sites for hydroxylation is 1. The molecule has 1 aromatic heterocycles. The van der Waals surface area contributed by atoms with Crippen molar-refractivity contribution in [3.8, 4) is 5.75 Å². The van der Waals surface area contributed by atoms with E-state index in [1.807, 2.05) is 19.1 Å². The highest BCUT2D eigenvalue weighted by Gasteiger charge is 2.10. The van der Waals surface area contributed by atoms with Crippen LogP contribution in [-0.4, -0.2) is 16.4 Å². The van der Waals surface area contributed by atoms with E-state index in [4.69, 9.17) is 0 Å². The molecule has 1 heterocycles. The van der Waals surface area contributed by atoms with Crippen LogP contribution in [0.4, 0.5) is 8.78 Å². The monoisotopic (exact) mass is 293 g/mol. The lowest BCUT2D eigenvalue weighted by Gasteiger charge is -2.12. The fourth-order valence-electron chi connectivity index (χ4n) is 2.03. The lowest BCUT2D eigenvalue weighted by atomic mass is 10.1. The fourth-order valence-corrected chi connectivity index (χ4v) is 2.03. The summed E-state index contributed by atoms with van der Waals surface area (Å²) >= 11 is 0. The van der Waals surface area contributed by atoms with E-state index in [1.165, 1.54) is 0 Å². The van der Waals surface area contributed by atoms with E-state index in [-0.39, 0.29) is 5.75 Å². The third-order valence-electron chi connectivity index (χ3n) is 2.98. The minimum atomic E-state index is -2.83. The molecule has 0 saturated heterocycles. The third kappa shape index (κ3) is 4.13. The number of nitrogens with zero attached hydrogens (tertiary/aromatic N) is 2. The summed E-state index contributed by atoms with van der Waals surface area (Å²) in [6, 6.07) is 7.00. The van der Waals surface area contributed by atoms with E-state index in [0.29, 0.717) is 18.7 Å². The zero-order valence-corrected chi connectivity index (χ0v) is 11.7. The maximum Gasteiger partial charge on any atom is 0.387 e. The number of halogens is 2. The van der Waals surface area contributed by atoms with Gasteiger partial charge < -0.3 is 10.1 Å². The van der Waals surface area contributed by atoms with Crippen LogP contribution in [0.5, 0.6) is 5.75 Å². The Hall–Kier alpha value is -2.21. The molecule has 21 heavy (non-hydrogen) atoms. The zero-order valence-electron chi connectivity index (χ0n) is 11.7. The Labute approximate surface area is 122 Å². The number of hydrogen-bond donors (Lipinski definition) is 1. The van der Waals surface area contributed by atoms with Gasteiger partial charge in [-0.05, 0) is 19.1 Å². The second kappa shape index (κ2) is 6.99. The molecule has 2 rings (SSSR count). The first-order chi connectivity index (χ1) is 10.1. The van der Waals surface area contributed by atoms with Crippen LogP contribution in [0, 0.1) is 6.92 Å². The molecule has 0 aliphatic carbocycles. The minimum absolute atomic E-state index is 0.195. The van der Waals surface area contributed by atoms with E-state index in [0.717, 1.165) is 11.3 Å². The second-order valence-electron chi connectivity index (χ2n) is 4.54. The van der Waals surface area contributed by atoms with Crippen molar-refractivity contribution >= 4 is 6.20 Å². The molecule has 2 aromatic rings. The Bertz CT molecular complexity index is 611. The van der Waals surface area contributed by atoms with Gasteiger partial charge in [0.1, 0.15) is 5.75 Å². The van der Waals surface area contributed by atoms with Gasteiger partial charge in [0.2, 0.25) is 0 Å². The molecule has 0 atom stereocenters. The Morgan fingerprint density at radius 2 is 2.19 bits per heavy atom. The topological polar surface area (TPSA) is 39.1 Å². The number of rotatable bonds is 7. The van der Waals surface area contributed by atoms with Crippen molar-refractivity contribution in [2.45, 2.75) is 26.6 Å². The quantitative estimate of drug-likeness (QED) is 0.852. The van der Waals surface area contributed by atoms with Gasteiger partial charge in [-0.15, -0.1) is 0 Å². The van der Waals surface area contributed by atoms with Gasteiger partial charge in [-0.3, -0.25) is 0 Å². The molecule has 6 heteroatoms. The Morgan fingerprint density at radius 1 is 1.38 bits per heavy atom. The van der Waals surface area contributed by atoms with Gasteiger partial charge in [-0.25, -0.2) is 4.68 Å². The number of aromatic nitrogens is 2. The highest BCUT2D eigenvalue weighted by Crippen LogP contribution is 2.22. The smallest absolute Gasteiger partial charge is 0.387 e. The van der Waals surface area contributed by atoms with Crippen molar-refractivity contribution < 1.29 is 13.5 Å². The summed E-state index contributed by atoms with van der Waals surface area (Å²) in [5.41, 5.74) is 2.62. The second-order valence-corrected chi connectivity index (χ2v) is 4.54. The first-order valence-electron chi connectivity index (χ1n) is 6.50. The maximum absolute atomic E-state index is 12.4. The lowest BCUT2D eigenvalue weighted by Crippen LogP contribution is -2.16. The van der Waals surface area contributed by atoms with Gasteiger partial charge >= 0.3 is 6.61 Å². The molecule has 0 spiro atoms. The Balaban J connectivity index is 2.02. The molecule has 0 amide bonds. The molecule has 1 aromatic carbocycles. The standard InChI is InChI=1S/C15H17F2N3O/c1-3-20-13(6-7-19-20)10-18-9-12-8-11(2)4-5-14(12)21-15(16)17/h3-8,15,18H,1,9-10H2,2H3. The fraction of sp³-hybridized carbons (Fsp3) is 0.267. The molecule has 0 unspecified atom stereocenters. The molecular formula is C15H17F2N3O. The number of nitrogens with one attached hydrogen (secondary N) is 1. The van der Waals surface area contributed by atoms with Gasteiger partial charge in [-0.2, -0.15) is 13.9 Å². The number of alkyl halides is 2. The molecule has 0 bridgehead atoms. The van der Waals surface area contributed by atoms with Crippen molar-refractivity contribution in [3.63, 3.8) is 0 Å². The molecule has 0 aliphatic rings. The van der Waals surface area contributed by atoms with Crippen molar-refractivity contribution in [1.29, 1.82) is 0 Å². The van der Waals surface area contributed by atoms with Gasteiger partial charge in [0, 0.05) is 31.0 Å². The predicted molar refractivity (Wildman–Crippen MR) is 77.0 cm³/mol. The summed E-state index contributed by atoms with van der Waals surface area (Å²) < 4.78 is 30.9. The Kier molecular flexibility index (Phi) is 5.05. The van der Waals surface area contributed by atoms with Gasteiger partial charge in [0.15, 0.2) is 0 Å². The predicted octanol–water partition coefficient (Wildman–Crippen LogP) is 3.18. The molecular weight excluding hydrogens is 276 g/mol. The van der Waals surface area contributed by atoms with Crippen LogP contribution in [-0.2, 0) is 13.1 Å². The normalized spacial score (nSPS) is 10.9. The van der Waals surface area contributed by atoms with Crippen LogP contribution >= 0.6 is 0 Å². The van der Waals surface area contributed by atoms with Crippen LogP contribution in [0.25, 0.3) is 6.20 Å². The summed E-state index contributed by atoms with van der Waals surface area (Å²) in [5.74, 6) is 0.195. The van der Waals surface area contributed by atoms with Crippen molar-refractivity contribution in [1.82, 2.24) is 15.1 Å². The molecule has 1 N–H and O–H groups in total.